The summed E-state index contributed by atoms with van der Waals surface area (Å²) >= 11 is 5.96. The van der Waals surface area contributed by atoms with Crippen LogP contribution in [0.4, 0.5) is 0 Å². The second-order valence-electron chi connectivity index (χ2n) is 3.29. The van der Waals surface area contributed by atoms with Crippen molar-refractivity contribution in [3.8, 4) is 5.75 Å². The molecule has 1 aliphatic carbocycles. The van der Waals surface area contributed by atoms with Crippen LogP contribution in [0, 0.1) is 0 Å². The maximum atomic E-state index is 5.96. The zero-order valence-corrected chi connectivity index (χ0v) is 8.05. The van der Waals surface area contributed by atoms with E-state index in [2.05, 4.69) is 0 Å². The van der Waals surface area contributed by atoms with E-state index in [1.807, 2.05) is 18.2 Å². The van der Waals surface area contributed by atoms with Crippen molar-refractivity contribution < 1.29 is 4.74 Å². The second kappa shape index (κ2) is 3.56. The molecule has 1 aliphatic rings. The minimum atomic E-state index is 0.380. The first-order valence-electron chi connectivity index (χ1n) is 4.45. The van der Waals surface area contributed by atoms with E-state index < -0.39 is 0 Å². The fourth-order valence-corrected chi connectivity index (χ4v) is 1.29. The van der Waals surface area contributed by atoms with E-state index in [0.29, 0.717) is 17.7 Å². The van der Waals surface area contributed by atoms with Crippen molar-refractivity contribution in [2.24, 2.45) is 5.73 Å². The van der Waals surface area contributed by atoms with Crippen molar-refractivity contribution in [2.75, 3.05) is 0 Å². The third-order valence-corrected chi connectivity index (χ3v) is 2.36. The van der Waals surface area contributed by atoms with Crippen LogP contribution in [0.15, 0.2) is 18.2 Å². The van der Waals surface area contributed by atoms with E-state index in [-0.39, 0.29) is 0 Å². The topological polar surface area (TPSA) is 35.2 Å². The zero-order valence-electron chi connectivity index (χ0n) is 7.29. The van der Waals surface area contributed by atoms with Gasteiger partial charge in [-0.05, 0) is 30.5 Å². The first-order valence-corrected chi connectivity index (χ1v) is 4.82. The highest BCUT2D eigenvalue weighted by atomic mass is 35.5. The van der Waals surface area contributed by atoms with Crippen LogP contribution in [-0.2, 0) is 6.54 Å². The lowest BCUT2D eigenvalue weighted by Gasteiger charge is -2.07. The lowest BCUT2D eigenvalue weighted by atomic mass is 10.2. The van der Waals surface area contributed by atoms with E-state index in [1.165, 1.54) is 0 Å². The molecule has 1 aromatic carbocycles. The number of benzene rings is 1. The van der Waals surface area contributed by atoms with Gasteiger partial charge in [-0.3, -0.25) is 0 Å². The molecule has 3 heteroatoms. The molecule has 1 fully saturated rings. The number of rotatable bonds is 3. The van der Waals surface area contributed by atoms with Gasteiger partial charge in [-0.2, -0.15) is 0 Å². The Morgan fingerprint density at radius 2 is 2.23 bits per heavy atom. The van der Waals surface area contributed by atoms with Gasteiger partial charge >= 0.3 is 0 Å². The molecule has 0 amide bonds. The molecule has 0 radical (unpaired) electrons. The molecule has 2 rings (SSSR count). The van der Waals surface area contributed by atoms with Crippen LogP contribution in [0.5, 0.6) is 5.75 Å². The number of halogens is 1. The Balaban J connectivity index is 2.19. The maximum absolute atomic E-state index is 5.96. The zero-order chi connectivity index (χ0) is 9.26. The molecule has 0 spiro atoms. The quantitative estimate of drug-likeness (QED) is 0.808. The lowest BCUT2D eigenvalue weighted by molar-refractivity contribution is 0.303. The van der Waals surface area contributed by atoms with Gasteiger partial charge in [-0.15, -0.1) is 0 Å². The lowest BCUT2D eigenvalue weighted by Crippen LogP contribution is -2.00. The molecule has 0 aliphatic heterocycles. The average molecular weight is 198 g/mol. The summed E-state index contributed by atoms with van der Waals surface area (Å²) in [5.74, 6) is 0.770. The summed E-state index contributed by atoms with van der Waals surface area (Å²) in [5.41, 5.74) is 6.57. The first kappa shape index (κ1) is 8.85. The van der Waals surface area contributed by atoms with Crippen molar-refractivity contribution in [3.05, 3.63) is 28.8 Å². The number of hydrogen-bond donors (Lipinski definition) is 1. The van der Waals surface area contributed by atoms with Gasteiger partial charge in [-0.25, -0.2) is 0 Å². The Morgan fingerprint density at radius 1 is 1.46 bits per heavy atom. The summed E-state index contributed by atoms with van der Waals surface area (Å²) in [7, 11) is 0. The van der Waals surface area contributed by atoms with E-state index in [0.717, 1.165) is 24.2 Å². The van der Waals surface area contributed by atoms with Crippen LogP contribution in [0.3, 0.4) is 0 Å². The minimum absolute atomic E-state index is 0.380. The number of ether oxygens (including phenoxy) is 1. The van der Waals surface area contributed by atoms with Gasteiger partial charge in [0.1, 0.15) is 5.75 Å². The highest BCUT2D eigenvalue weighted by Gasteiger charge is 2.24. The Hall–Kier alpha value is -0.730. The molecule has 13 heavy (non-hydrogen) atoms. The Labute approximate surface area is 82.6 Å². The van der Waals surface area contributed by atoms with E-state index in [9.17, 15) is 0 Å². The predicted molar refractivity (Wildman–Crippen MR) is 53.0 cm³/mol. The summed E-state index contributed by atoms with van der Waals surface area (Å²) in [4.78, 5) is 0. The van der Waals surface area contributed by atoms with Gasteiger partial charge in [0.05, 0.1) is 11.1 Å². The molecule has 1 aromatic rings. The van der Waals surface area contributed by atoms with Crippen LogP contribution >= 0.6 is 11.6 Å². The SMILES string of the molecule is NCc1ccc(Cl)c(OC2CC2)c1. The van der Waals surface area contributed by atoms with Crippen LogP contribution in [0.25, 0.3) is 0 Å². The molecule has 2 nitrogen and oxygen atoms in total. The standard InChI is InChI=1S/C10H12ClNO/c11-9-4-1-7(6-12)5-10(9)13-8-2-3-8/h1,4-5,8H,2-3,6,12H2. The van der Waals surface area contributed by atoms with Crippen molar-refractivity contribution in [3.63, 3.8) is 0 Å². The van der Waals surface area contributed by atoms with Gasteiger partial charge < -0.3 is 10.5 Å². The molecule has 0 saturated heterocycles. The molecular formula is C10H12ClNO. The van der Waals surface area contributed by atoms with Crippen LogP contribution in [0.2, 0.25) is 5.02 Å². The summed E-state index contributed by atoms with van der Waals surface area (Å²) < 4.78 is 5.61. The summed E-state index contributed by atoms with van der Waals surface area (Å²) in [6.07, 6.45) is 2.66. The monoisotopic (exact) mass is 197 g/mol. The number of nitrogens with two attached hydrogens (primary N) is 1. The van der Waals surface area contributed by atoms with Gasteiger partial charge in [0.2, 0.25) is 0 Å². The van der Waals surface area contributed by atoms with Crippen molar-refractivity contribution in [1.29, 1.82) is 0 Å². The molecule has 0 heterocycles. The molecule has 0 atom stereocenters. The van der Waals surface area contributed by atoms with Crippen LogP contribution in [-0.4, -0.2) is 6.10 Å². The molecular weight excluding hydrogens is 186 g/mol. The highest BCUT2D eigenvalue weighted by molar-refractivity contribution is 6.32. The van der Waals surface area contributed by atoms with Crippen molar-refractivity contribution >= 4 is 11.6 Å². The van der Waals surface area contributed by atoms with Crippen molar-refractivity contribution in [1.82, 2.24) is 0 Å². The molecule has 70 valence electrons. The van der Waals surface area contributed by atoms with E-state index in [1.54, 1.807) is 0 Å². The Bertz CT molecular complexity index is 310. The first-order chi connectivity index (χ1) is 6.29. The van der Waals surface area contributed by atoms with Crippen molar-refractivity contribution in [2.45, 2.75) is 25.5 Å². The fourth-order valence-electron chi connectivity index (χ4n) is 1.13. The smallest absolute Gasteiger partial charge is 0.138 e. The molecule has 0 bridgehead atoms. The minimum Gasteiger partial charge on any atom is -0.489 e. The predicted octanol–water partition coefficient (Wildman–Crippen LogP) is 2.34. The fraction of sp³-hybridized carbons (Fsp3) is 0.400. The Kier molecular flexibility index (Phi) is 2.42. The van der Waals surface area contributed by atoms with E-state index in [4.69, 9.17) is 22.1 Å². The highest BCUT2D eigenvalue weighted by Crippen LogP contribution is 2.32. The molecule has 1 saturated carbocycles. The van der Waals surface area contributed by atoms with Gasteiger partial charge in [0.15, 0.2) is 0 Å². The summed E-state index contributed by atoms with van der Waals surface area (Å²) in [6, 6.07) is 5.67. The maximum Gasteiger partial charge on any atom is 0.138 e. The molecule has 0 aromatic heterocycles. The largest absolute Gasteiger partial charge is 0.489 e. The van der Waals surface area contributed by atoms with Crippen LogP contribution < -0.4 is 10.5 Å². The average Bonchev–Trinajstić information content (AvgIpc) is 2.93. The Morgan fingerprint density at radius 3 is 2.85 bits per heavy atom. The van der Waals surface area contributed by atoms with Gasteiger partial charge in [0, 0.05) is 6.54 Å². The van der Waals surface area contributed by atoms with Crippen LogP contribution in [0.1, 0.15) is 18.4 Å². The second-order valence-corrected chi connectivity index (χ2v) is 3.69. The normalized spacial score (nSPS) is 15.8. The summed E-state index contributed by atoms with van der Waals surface area (Å²) in [6.45, 7) is 0.526. The third-order valence-electron chi connectivity index (χ3n) is 2.05. The summed E-state index contributed by atoms with van der Waals surface area (Å²) in [5, 5.41) is 0.670. The molecule has 0 unspecified atom stereocenters. The molecule has 2 N–H and O–H groups in total. The van der Waals surface area contributed by atoms with Gasteiger partial charge in [-0.1, -0.05) is 17.7 Å². The van der Waals surface area contributed by atoms with Gasteiger partial charge in [0.25, 0.3) is 0 Å². The number of hydrogen-bond acceptors (Lipinski definition) is 2. The van der Waals surface area contributed by atoms with E-state index >= 15 is 0 Å². The third kappa shape index (κ3) is 2.14.